The highest BCUT2D eigenvalue weighted by atomic mass is 19.4. The maximum atomic E-state index is 12.7. The minimum Gasteiger partial charge on any atom is -0.490 e. The fourth-order valence-corrected chi connectivity index (χ4v) is 4.56. The summed E-state index contributed by atoms with van der Waals surface area (Å²) in [6.07, 6.45) is 3.77. The molecular weight excluding hydrogens is 383 g/mol. The molecule has 2 saturated carbocycles. The molecule has 1 aliphatic heterocycles. The Morgan fingerprint density at radius 3 is 2.52 bits per heavy atom. The molecule has 0 bridgehead atoms. The number of alkyl halides is 3. The SMILES string of the molecule is OC(c1cnccc1OC1CC1)C1CC2(C1)CN(c1ccc(C(F)(F)F)nc1)C2. The molecule has 2 aromatic heterocycles. The topological polar surface area (TPSA) is 58.5 Å². The lowest BCUT2D eigenvalue weighted by atomic mass is 9.55. The summed E-state index contributed by atoms with van der Waals surface area (Å²) in [4.78, 5) is 9.73. The fourth-order valence-electron chi connectivity index (χ4n) is 4.56. The van der Waals surface area contributed by atoms with Gasteiger partial charge in [-0.3, -0.25) is 4.98 Å². The predicted octanol–water partition coefficient (Wildman–Crippen LogP) is 3.99. The number of pyridine rings is 2. The molecule has 2 aliphatic carbocycles. The third-order valence-electron chi connectivity index (χ3n) is 6.24. The van der Waals surface area contributed by atoms with E-state index < -0.39 is 18.0 Å². The van der Waals surface area contributed by atoms with Crippen molar-refractivity contribution in [3.05, 3.63) is 48.0 Å². The van der Waals surface area contributed by atoms with Crippen molar-refractivity contribution in [2.75, 3.05) is 18.0 Å². The Labute approximate surface area is 166 Å². The van der Waals surface area contributed by atoms with Gasteiger partial charge in [-0.05, 0) is 49.8 Å². The number of anilines is 1. The summed E-state index contributed by atoms with van der Waals surface area (Å²) in [5.41, 5.74) is 0.722. The van der Waals surface area contributed by atoms with E-state index in [1.54, 1.807) is 12.4 Å². The standard InChI is InChI=1S/C21H22F3N3O2/c22-21(23,24)18-4-1-14(9-26-18)27-11-20(12-27)7-13(8-20)19(28)16-10-25-6-5-17(16)29-15-2-3-15/h1,4-6,9-10,13,15,19,28H,2-3,7-8,11-12H2. The van der Waals surface area contributed by atoms with Crippen LogP contribution in [0.3, 0.4) is 0 Å². The molecule has 0 aromatic carbocycles. The molecule has 154 valence electrons. The highest BCUT2D eigenvalue weighted by Crippen LogP contribution is 2.57. The van der Waals surface area contributed by atoms with Crippen molar-refractivity contribution < 1.29 is 23.0 Å². The van der Waals surface area contributed by atoms with Gasteiger partial charge in [0.25, 0.3) is 0 Å². The zero-order valence-corrected chi connectivity index (χ0v) is 15.8. The Hall–Kier alpha value is -2.35. The molecule has 29 heavy (non-hydrogen) atoms. The maximum absolute atomic E-state index is 12.7. The van der Waals surface area contributed by atoms with Gasteiger partial charge in [0.1, 0.15) is 11.4 Å². The molecule has 1 atom stereocenters. The van der Waals surface area contributed by atoms with E-state index in [4.69, 9.17) is 4.74 Å². The van der Waals surface area contributed by atoms with E-state index in [1.807, 2.05) is 11.0 Å². The highest BCUT2D eigenvalue weighted by Gasteiger charge is 2.54. The van der Waals surface area contributed by atoms with Gasteiger partial charge in [0, 0.05) is 36.5 Å². The minimum atomic E-state index is -4.42. The number of nitrogens with zero attached hydrogens (tertiary/aromatic N) is 3. The molecular formula is C21H22F3N3O2. The van der Waals surface area contributed by atoms with Crippen molar-refractivity contribution in [1.82, 2.24) is 9.97 Å². The lowest BCUT2D eigenvalue weighted by Crippen LogP contribution is -2.63. The molecule has 5 nitrogen and oxygen atoms in total. The molecule has 0 radical (unpaired) electrons. The monoisotopic (exact) mass is 405 g/mol. The summed E-state index contributed by atoms with van der Waals surface area (Å²) < 4.78 is 43.9. The van der Waals surface area contributed by atoms with Gasteiger partial charge in [0.05, 0.1) is 24.1 Å². The molecule has 1 N–H and O–H groups in total. The summed E-state index contributed by atoms with van der Waals surface area (Å²) in [6, 6.07) is 4.32. The zero-order chi connectivity index (χ0) is 20.2. The first-order chi connectivity index (χ1) is 13.8. The van der Waals surface area contributed by atoms with Crippen LogP contribution < -0.4 is 9.64 Å². The Morgan fingerprint density at radius 2 is 1.90 bits per heavy atom. The van der Waals surface area contributed by atoms with Crippen LogP contribution in [0.2, 0.25) is 0 Å². The van der Waals surface area contributed by atoms with Crippen molar-refractivity contribution in [2.45, 2.75) is 44.1 Å². The molecule has 1 unspecified atom stereocenters. The van der Waals surface area contributed by atoms with Crippen LogP contribution in [0.4, 0.5) is 18.9 Å². The van der Waals surface area contributed by atoms with E-state index in [0.29, 0.717) is 5.69 Å². The average Bonchev–Trinajstić information content (AvgIpc) is 3.43. The first-order valence-corrected chi connectivity index (χ1v) is 9.90. The number of aliphatic hydroxyl groups excluding tert-OH is 1. The van der Waals surface area contributed by atoms with E-state index in [9.17, 15) is 18.3 Å². The van der Waals surface area contributed by atoms with Crippen LogP contribution in [0.1, 0.15) is 43.0 Å². The van der Waals surface area contributed by atoms with Crippen molar-refractivity contribution in [1.29, 1.82) is 0 Å². The second-order valence-corrected chi connectivity index (χ2v) is 8.60. The van der Waals surface area contributed by atoms with Crippen molar-refractivity contribution >= 4 is 5.69 Å². The summed E-state index contributed by atoms with van der Waals surface area (Å²) in [6.45, 7) is 1.56. The first-order valence-electron chi connectivity index (χ1n) is 9.90. The van der Waals surface area contributed by atoms with E-state index in [-0.39, 0.29) is 17.4 Å². The summed E-state index contributed by atoms with van der Waals surface area (Å²) in [5.74, 6) is 0.871. The third kappa shape index (κ3) is 3.54. The van der Waals surface area contributed by atoms with Crippen LogP contribution in [0.5, 0.6) is 5.75 Å². The number of aromatic nitrogens is 2. The van der Waals surface area contributed by atoms with Gasteiger partial charge in [-0.15, -0.1) is 0 Å². The Bertz CT molecular complexity index is 885. The van der Waals surface area contributed by atoms with Gasteiger partial charge in [-0.2, -0.15) is 13.2 Å². The largest absolute Gasteiger partial charge is 0.490 e. The molecule has 3 aliphatic rings. The molecule has 1 spiro atoms. The molecule has 0 amide bonds. The van der Waals surface area contributed by atoms with Crippen LogP contribution in [-0.4, -0.2) is 34.3 Å². The summed E-state index contributed by atoms with van der Waals surface area (Å²) in [5, 5.41) is 10.8. The van der Waals surface area contributed by atoms with Crippen LogP contribution in [0.25, 0.3) is 0 Å². The van der Waals surface area contributed by atoms with Crippen molar-refractivity contribution in [3.8, 4) is 5.75 Å². The lowest BCUT2D eigenvalue weighted by molar-refractivity contribution is -0.141. The predicted molar refractivity (Wildman–Crippen MR) is 99.5 cm³/mol. The Morgan fingerprint density at radius 1 is 1.14 bits per heavy atom. The number of aliphatic hydroxyl groups is 1. The molecule has 5 rings (SSSR count). The van der Waals surface area contributed by atoms with E-state index in [1.165, 1.54) is 12.3 Å². The van der Waals surface area contributed by atoms with E-state index >= 15 is 0 Å². The number of halogens is 3. The van der Waals surface area contributed by atoms with Crippen molar-refractivity contribution in [2.24, 2.45) is 11.3 Å². The van der Waals surface area contributed by atoms with Gasteiger partial charge in [-0.1, -0.05) is 0 Å². The van der Waals surface area contributed by atoms with Gasteiger partial charge < -0.3 is 14.7 Å². The number of hydrogen-bond acceptors (Lipinski definition) is 5. The average molecular weight is 405 g/mol. The van der Waals surface area contributed by atoms with Gasteiger partial charge in [0.15, 0.2) is 0 Å². The fraction of sp³-hybridized carbons (Fsp3) is 0.524. The summed E-state index contributed by atoms with van der Waals surface area (Å²) >= 11 is 0. The summed E-state index contributed by atoms with van der Waals surface area (Å²) in [7, 11) is 0. The van der Waals surface area contributed by atoms with E-state index in [2.05, 4.69) is 9.97 Å². The maximum Gasteiger partial charge on any atom is 0.433 e. The first kappa shape index (κ1) is 18.7. The van der Waals surface area contributed by atoms with Gasteiger partial charge >= 0.3 is 6.18 Å². The Balaban J connectivity index is 1.18. The van der Waals surface area contributed by atoms with Crippen LogP contribution in [-0.2, 0) is 6.18 Å². The molecule has 2 aromatic rings. The number of hydrogen-bond donors (Lipinski definition) is 1. The van der Waals surface area contributed by atoms with Crippen molar-refractivity contribution in [3.63, 3.8) is 0 Å². The molecule has 3 heterocycles. The van der Waals surface area contributed by atoms with Crippen LogP contribution in [0, 0.1) is 11.3 Å². The second-order valence-electron chi connectivity index (χ2n) is 8.60. The number of ether oxygens (including phenoxy) is 1. The zero-order valence-electron chi connectivity index (χ0n) is 15.8. The number of rotatable bonds is 5. The smallest absolute Gasteiger partial charge is 0.433 e. The molecule has 1 saturated heterocycles. The molecule has 3 fully saturated rings. The van der Waals surface area contributed by atoms with Crippen LogP contribution in [0.15, 0.2) is 36.8 Å². The highest BCUT2D eigenvalue weighted by molar-refractivity contribution is 5.49. The van der Waals surface area contributed by atoms with Crippen LogP contribution >= 0.6 is 0 Å². The van der Waals surface area contributed by atoms with E-state index in [0.717, 1.165) is 56.2 Å². The minimum absolute atomic E-state index is 0.133. The Kier molecular flexibility index (Phi) is 4.24. The molecule has 8 heteroatoms. The lowest BCUT2D eigenvalue weighted by Gasteiger charge is -2.60. The van der Waals surface area contributed by atoms with Gasteiger partial charge in [-0.25, -0.2) is 4.98 Å². The second kappa shape index (κ2) is 6.58. The quantitative estimate of drug-likeness (QED) is 0.815. The third-order valence-corrected chi connectivity index (χ3v) is 6.24. The normalized spacial score (nSPS) is 22.1. The van der Waals surface area contributed by atoms with Gasteiger partial charge in [0.2, 0.25) is 0 Å².